The van der Waals surface area contributed by atoms with Gasteiger partial charge in [0.1, 0.15) is 12.7 Å². The molecular formula is C11H13N3. The molecule has 0 amide bonds. The zero-order valence-corrected chi connectivity index (χ0v) is 8.38. The summed E-state index contributed by atoms with van der Waals surface area (Å²) in [7, 11) is 0. The van der Waals surface area contributed by atoms with E-state index in [2.05, 4.69) is 48.3 Å². The Hall–Kier alpha value is -1.64. The molecule has 1 aromatic carbocycles. The van der Waals surface area contributed by atoms with Crippen molar-refractivity contribution in [3.05, 3.63) is 42.5 Å². The zero-order valence-electron chi connectivity index (χ0n) is 8.38. The average Bonchev–Trinajstić information content (AvgIpc) is 2.71. The van der Waals surface area contributed by atoms with Gasteiger partial charge in [-0.3, -0.25) is 4.57 Å². The highest BCUT2D eigenvalue weighted by atomic mass is 15.2. The third kappa shape index (κ3) is 1.66. The van der Waals surface area contributed by atoms with E-state index in [0.29, 0.717) is 5.92 Å². The van der Waals surface area contributed by atoms with Gasteiger partial charge in [-0.15, -0.1) is 10.2 Å². The number of rotatable bonds is 2. The van der Waals surface area contributed by atoms with Gasteiger partial charge in [-0.05, 0) is 23.6 Å². The fourth-order valence-electron chi connectivity index (χ4n) is 1.38. The molecule has 1 heterocycles. The molecule has 0 fully saturated rings. The Bertz CT molecular complexity index is 404. The summed E-state index contributed by atoms with van der Waals surface area (Å²) in [5, 5.41) is 7.57. The Balaban J connectivity index is 2.41. The number of nitrogens with zero attached hydrogens (tertiary/aromatic N) is 3. The quantitative estimate of drug-likeness (QED) is 0.722. The maximum Gasteiger partial charge on any atom is 0.123 e. The van der Waals surface area contributed by atoms with E-state index < -0.39 is 0 Å². The van der Waals surface area contributed by atoms with Crippen LogP contribution in [0.3, 0.4) is 0 Å². The largest absolute Gasteiger partial charge is 0.288 e. The summed E-state index contributed by atoms with van der Waals surface area (Å²) in [5.74, 6) is 0.548. The first-order valence-corrected chi connectivity index (χ1v) is 4.72. The molecule has 0 saturated heterocycles. The lowest BCUT2D eigenvalue weighted by Gasteiger charge is -2.07. The molecule has 72 valence electrons. The Labute approximate surface area is 83.4 Å². The van der Waals surface area contributed by atoms with Crippen LogP contribution >= 0.6 is 0 Å². The zero-order chi connectivity index (χ0) is 9.97. The van der Waals surface area contributed by atoms with Gasteiger partial charge >= 0.3 is 0 Å². The van der Waals surface area contributed by atoms with E-state index >= 15 is 0 Å². The minimum Gasteiger partial charge on any atom is -0.288 e. The Morgan fingerprint density at radius 1 is 1.14 bits per heavy atom. The highest BCUT2D eigenvalue weighted by Gasteiger charge is 2.01. The first-order chi connectivity index (χ1) is 6.77. The van der Waals surface area contributed by atoms with Crippen LogP contribution in [0.1, 0.15) is 25.3 Å². The highest BCUT2D eigenvalue weighted by Crippen LogP contribution is 2.17. The molecule has 0 unspecified atom stereocenters. The lowest BCUT2D eigenvalue weighted by Crippen LogP contribution is -1.93. The van der Waals surface area contributed by atoms with Gasteiger partial charge in [0, 0.05) is 5.69 Å². The molecule has 14 heavy (non-hydrogen) atoms. The van der Waals surface area contributed by atoms with Crippen molar-refractivity contribution in [1.29, 1.82) is 0 Å². The molecule has 1 aromatic heterocycles. The summed E-state index contributed by atoms with van der Waals surface area (Å²) in [6.45, 7) is 4.37. The summed E-state index contributed by atoms with van der Waals surface area (Å²) in [4.78, 5) is 0. The van der Waals surface area contributed by atoms with E-state index in [0.717, 1.165) is 5.69 Å². The van der Waals surface area contributed by atoms with Gasteiger partial charge in [0.05, 0.1) is 0 Å². The first-order valence-electron chi connectivity index (χ1n) is 4.72. The van der Waals surface area contributed by atoms with E-state index in [-0.39, 0.29) is 0 Å². The van der Waals surface area contributed by atoms with Crippen molar-refractivity contribution >= 4 is 0 Å². The SMILES string of the molecule is CC(C)c1cccc(-n2cnnc2)c1. The van der Waals surface area contributed by atoms with Crippen molar-refractivity contribution in [2.45, 2.75) is 19.8 Å². The first kappa shape index (κ1) is 8.94. The van der Waals surface area contributed by atoms with E-state index in [9.17, 15) is 0 Å². The minimum atomic E-state index is 0.548. The van der Waals surface area contributed by atoms with Crippen LogP contribution in [-0.2, 0) is 0 Å². The standard InChI is InChI=1S/C11H13N3/c1-9(2)10-4-3-5-11(6-10)14-7-12-13-8-14/h3-9H,1-2H3. The number of benzene rings is 1. The molecule has 0 atom stereocenters. The average molecular weight is 187 g/mol. The van der Waals surface area contributed by atoms with Gasteiger partial charge in [-0.1, -0.05) is 26.0 Å². The van der Waals surface area contributed by atoms with Crippen molar-refractivity contribution in [3.8, 4) is 5.69 Å². The van der Waals surface area contributed by atoms with Crippen molar-refractivity contribution in [2.75, 3.05) is 0 Å². The van der Waals surface area contributed by atoms with Crippen molar-refractivity contribution in [1.82, 2.24) is 14.8 Å². The van der Waals surface area contributed by atoms with Crippen LogP contribution < -0.4 is 0 Å². The summed E-state index contributed by atoms with van der Waals surface area (Å²) in [5.41, 5.74) is 2.44. The molecule has 0 N–H and O–H groups in total. The maximum absolute atomic E-state index is 3.79. The summed E-state index contributed by atoms with van der Waals surface area (Å²) in [6, 6.07) is 8.41. The number of aromatic nitrogens is 3. The van der Waals surface area contributed by atoms with Crippen LogP contribution in [0.5, 0.6) is 0 Å². The normalized spacial score (nSPS) is 10.8. The Kier molecular flexibility index (Phi) is 2.31. The van der Waals surface area contributed by atoms with Crippen LogP contribution in [0.4, 0.5) is 0 Å². The molecule has 3 nitrogen and oxygen atoms in total. The molecule has 0 aliphatic heterocycles. The fraction of sp³-hybridized carbons (Fsp3) is 0.273. The third-order valence-electron chi connectivity index (χ3n) is 2.25. The molecule has 2 aromatic rings. The van der Waals surface area contributed by atoms with Gasteiger partial charge < -0.3 is 0 Å². The molecular weight excluding hydrogens is 174 g/mol. The number of hydrogen-bond acceptors (Lipinski definition) is 2. The second kappa shape index (κ2) is 3.62. The van der Waals surface area contributed by atoms with Crippen molar-refractivity contribution < 1.29 is 0 Å². The maximum atomic E-state index is 3.79. The second-order valence-corrected chi connectivity index (χ2v) is 3.62. The van der Waals surface area contributed by atoms with Gasteiger partial charge in [0.15, 0.2) is 0 Å². The molecule has 2 rings (SSSR count). The topological polar surface area (TPSA) is 30.7 Å². The highest BCUT2D eigenvalue weighted by molar-refractivity contribution is 5.36. The summed E-state index contributed by atoms with van der Waals surface area (Å²) < 4.78 is 1.91. The smallest absolute Gasteiger partial charge is 0.123 e. The predicted molar refractivity (Wildman–Crippen MR) is 55.4 cm³/mol. The molecule has 0 aliphatic carbocycles. The molecule has 3 heteroatoms. The lowest BCUT2D eigenvalue weighted by molar-refractivity contribution is 0.862. The van der Waals surface area contributed by atoms with Gasteiger partial charge in [0.25, 0.3) is 0 Å². The van der Waals surface area contributed by atoms with Crippen LogP contribution in [0.15, 0.2) is 36.9 Å². The van der Waals surface area contributed by atoms with Gasteiger partial charge in [-0.2, -0.15) is 0 Å². The van der Waals surface area contributed by atoms with Crippen LogP contribution in [0.25, 0.3) is 5.69 Å². The Morgan fingerprint density at radius 2 is 1.86 bits per heavy atom. The van der Waals surface area contributed by atoms with Crippen LogP contribution in [-0.4, -0.2) is 14.8 Å². The van der Waals surface area contributed by atoms with Crippen LogP contribution in [0.2, 0.25) is 0 Å². The molecule has 0 spiro atoms. The Morgan fingerprint density at radius 3 is 2.50 bits per heavy atom. The lowest BCUT2D eigenvalue weighted by atomic mass is 10.0. The third-order valence-corrected chi connectivity index (χ3v) is 2.25. The molecule has 0 radical (unpaired) electrons. The van der Waals surface area contributed by atoms with Gasteiger partial charge in [0.2, 0.25) is 0 Å². The summed E-state index contributed by atoms with van der Waals surface area (Å²) in [6.07, 6.45) is 3.42. The van der Waals surface area contributed by atoms with E-state index in [1.165, 1.54) is 5.56 Å². The van der Waals surface area contributed by atoms with Crippen molar-refractivity contribution in [3.63, 3.8) is 0 Å². The van der Waals surface area contributed by atoms with Crippen molar-refractivity contribution in [2.24, 2.45) is 0 Å². The summed E-state index contributed by atoms with van der Waals surface area (Å²) >= 11 is 0. The number of hydrogen-bond donors (Lipinski definition) is 0. The molecule has 0 bridgehead atoms. The minimum absolute atomic E-state index is 0.548. The molecule has 0 saturated carbocycles. The molecule has 0 aliphatic rings. The monoisotopic (exact) mass is 187 g/mol. The van der Waals surface area contributed by atoms with E-state index in [1.807, 2.05) is 4.57 Å². The van der Waals surface area contributed by atoms with E-state index in [4.69, 9.17) is 0 Å². The van der Waals surface area contributed by atoms with Gasteiger partial charge in [-0.25, -0.2) is 0 Å². The second-order valence-electron chi connectivity index (χ2n) is 3.62. The van der Waals surface area contributed by atoms with Crippen LogP contribution in [0, 0.1) is 0 Å². The fourth-order valence-corrected chi connectivity index (χ4v) is 1.38. The predicted octanol–water partition coefficient (Wildman–Crippen LogP) is 2.39. The van der Waals surface area contributed by atoms with E-state index in [1.54, 1.807) is 12.7 Å².